The Bertz CT molecular complexity index is 1230. The average molecular weight is 499 g/mol. The van der Waals surface area contributed by atoms with Crippen molar-refractivity contribution in [1.29, 1.82) is 0 Å². The van der Waals surface area contributed by atoms with Gasteiger partial charge in [0.25, 0.3) is 0 Å². The molecular weight excluding hydrogens is 477 g/mol. The van der Waals surface area contributed by atoms with Gasteiger partial charge < -0.3 is 5.32 Å². The number of benzene rings is 2. The van der Waals surface area contributed by atoms with Crippen LogP contribution in [0.2, 0.25) is 0 Å². The molecule has 12 heteroatoms. The van der Waals surface area contributed by atoms with Crippen molar-refractivity contribution in [2.45, 2.75) is 25.9 Å². The average Bonchev–Trinajstić information content (AvgIpc) is 3.18. The summed E-state index contributed by atoms with van der Waals surface area (Å²) in [6.07, 6.45) is -3.65. The first-order chi connectivity index (χ1) is 15.4. The highest BCUT2D eigenvalue weighted by Crippen LogP contribution is 2.32. The second-order valence-electron chi connectivity index (χ2n) is 7.31. The van der Waals surface area contributed by atoms with E-state index in [1.807, 2.05) is 31.2 Å². The maximum Gasteiger partial charge on any atom is 0.416 e. The number of aryl methyl sites for hydroxylation is 1. The minimum absolute atomic E-state index is 0.0512. The number of hydrogen-bond acceptors (Lipinski definition) is 6. The Kier molecular flexibility index (Phi) is 7.38. The third kappa shape index (κ3) is 6.75. The first-order valence-corrected chi connectivity index (χ1v) is 12.5. The molecule has 7 nitrogen and oxygen atoms in total. The fraction of sp³-hybridized carbons (Fsp3) is 0.286. The Hall–Kier alpha value is -2.99. The second-order valence-corrected chi connectivity index (χ2v) is 10.2. The molecule has 0 atom stereocenters. The van der Waals surface area contributed by atoms with Crippen LogP contribution in [0.25, 0.3) is 10.6 Å². The summed E-state index contributed by atoms with van der Waals surface area (Å²) in [7, 11) is -3.85. The molecule has 1 amide bonds. The van der Waals surface area contributed by atoms with Crippen LogP contribution in [0.1, 0.15) is 24.0 Å². The van der Waals surface area contributed by atoms with E-state index in [4.69, 9.17) is 0 Å². The van der Waals surface area contributed by atoms with E-state index in [0.717, 1.165) is 39.9 Å². The van der Waals surface area contributed by atoms with Gasteiger partial charge in [-0.25, -0.2) is 8.42 Å². The lowest BCUT2D eigenvalue weighted by Crippen LogP contribution is -2.31. The summed E-state index contributed by atoms with van der Waals surface area (Å²) in [5, 5.41) is 11.5. The lowest BCUT2D eigenvalue weighted by atomic mass is 10.2. The Balaban J connectivity index is 1.61. The number of nitrogens with one attached hydrogen (secondary N) is 1. The van der Waals surface area contributed by atoms with Crippen LogP contribution < -0.4 is 9.62 Å². The molecule has 0 saturated carbocycles. The maximum absolute atomic E-state index is 13.0. The Morgan fingerprint density at radius 2 is 1.82 bits per heavy atom. The molecule has 1 heterocycles. The molecule has 0 fully saturated rings. The number of aromatic nitrogens is 2. The highest BCUT2D eigenvalue weighted by Gasteiger charge is 2.31. The van der Waals surface area contributed by atoms with Crippen molar-refractivity contribution in [1.82, 2.24) is 10.2 Å². The zero-order valence-corrected chi connectivity index (χ0v) is 19.4. The quantitative estimate of drug-likeness (QED) is 0.485. The Morgan fingerprint density at radius 1 is 1.12 bits per heavy atom. The molecule has 0 aliphatic carbocycles. The van der Waals surface area contributed by atoms with Gasteiger partial charge in [0.05, 0.1) is 17.5 Å². The van der Waals surface area contributed by atoms with Crippen LogP contribution in [0.5, 0.6) is 0 Å². The predicted octanol–water partition coefficient (Wildman–Crippen LogP) is 4.72. The van der Waals surface area contributed by atoms with Crippen LogP contribution in [-0.4, -0.2) is 37.3 Å². The summed E-state index contributed by atoms with van der Waals surface area (Å²) in [6.45, 7) is 1.81. The van der Waals surface area contributed by atoms with Gasteiger partial charge in [0.2, 0.25) is 21.1 Å². The van der Waals surface area contributed by atoms with Crippen LogP contribution in [0.3, 0.4) is 0 Å². The van der Waals surface area contributed by atoms with E-state index >= 15 is 0 Å². The SMILES string of the molecule is Cc1ccc(-c2nnc(NC(=O)CCCN(c3cccc(C(F)(F)F)c3)S(C)(=O)=O)s2)cc1. The molecule has 3 aromatic rings. The number of halogens is 3. The first-order valence-electron chi connectivity index (χ1n) is 9.79. The molecule has 0 bridgehead atoms. The molecule has 3 rings (SSSR count). The molecular formula is C21H21F3N4O3S2. The van der Waals surface area contributed by atoms with Crippen molar-refractivity contribution in [3.8, 4) is 10.6 Å². The fourth-order valence-electron chi connectivity index (χ4n) is 2.98. The number of carbonyl (C=O) groups excluding carboxylic acids is 1. The Morgan fingerprint density at radius 3 is 2.45 bits per heavy atom. The van der Waals surface area contributed by atoms with Crippen LogP contribution >= 0.6 is 11.3 Å². The predicted molar refractivity (Wildman–Crippen MR) is 122 cm³/mol. The molecule has 176 valence electrons. The summed E-state index contributed by atoms with van der Waals surface area (Å²) in [5.41, 5.74) is 0.903. The highest BCUT2D eigenvalue weighted by molar-refractivity contribution is 7.92. The first kappa shape index (κ1) is 24.6. The number of amides is 1. The van der Waals surface area contributed by atoms with Crippen LogP contribution in [0.15, 0.2) is 48.5 Å². The summed E-state index contributed by atoms with van der Waals surface area (Å²) in [6, 6.07) is 11.7. The maximum atomic E-state index is 13.0. The largest absolute Gasteiger partial charge is 0.416 e. The number of anilines is 2. The number of hydrogen-bond donors (Lipinski definition) is 1. The molecule has 0 aliphatic heterocycles. The standard InChI is InChI=1S/C21H21F3N4O3S2/c1-14-8-10-15(11-9-14)19-26-27-20(32-19)25-18(29)7-4-12-28(33(2,30)31)17-6-3-5-16(13-17)21(22,23)24/h3,5-6,8-11,13H,4,7,12H2,1-2H3,(H,25,27,29). The van der Waals surface area contributed by atoms with Crippen molar-refractivity contribution in [2.75, 3.05) is 22.4 Å². The smallest absolute Gasteiger partial charge is 0.301 e. The van der Waals surface area contributed by atoms with E-state index in [2.05, 4.69) is 15.5 Å². The summed E-state index contributed by atoms with van der Waals surface area (Å²) < 4.78 is 64.1. The molecule has 0 spiro atoms. The van der Waals surface area contributed by atoms with E-state index in [9.17, 15) is 26.4 Å². The zero-order chi connectivity index (χ0) is 24.2. The zero-order valence-electron chi connectivity index (χ0n) is 17.8. The molecule has 0 saturated heterocycles. The number of carbonyl (C=O) groups is 1. The van der Waals surface area contributed by atoms with E-state index in [1.54, 1.807) is 0 Å². The third-order valence-electron chi connectivity index (χ3n) is 4.60. The lowest BCUT2D eigenvalue weighted by molar-refractivity contribution is -0.137. The minimum atomic E-state index is -4.60. The minimum Gasteiger partial charge on any atom is -0.301 e. The van der Waals surface area contributed by atoms with Gasteiger partial charge >= 0.3 is 6.18 Å². The van der Waals surface area contributed by atoms with Gasteiger partial charge in [0.15, 0.2) is 0 Å². The number of nitrogens with zero attached hydrogens (tertiary/aromatic N) is 3. The van der Waals surface area contributed by atoms with Crippen molar-refractivity contribution >= 4 is 38.1 Å². The summed E-state index contributed by atoms with van der Waals surface area (Å²) in [4.78, 5) is 12.3. The van der Waals surface area contributed by atoms with Gasteiger partial charge in [0, 0.05) is 18.5 Å². The van der Waals surface area contributed by atoms with Gasteiger partial charge in [0.1, 0.15) is 5.01 Å². The van der Waals surface area contributed by atoms with Gasteiger partial charge in [-0.05, 0) is 31.5 Å². The summed E-state index contributed by atoms with van der Waals surface area (Å²) >= 11 is 1.20. The molecule has 1 N–H and O–H groups in total. The topological polar surface area (TPSA) is 92.3 Å². The van der Waals surface area contributed by atoms with Crippen molar-refractivity contribution in [3.63, 3.8) is 0 Å². The van der Waals surface area contributed by atoms with Crippen molar-refractivity contribution in [3.05, 3.63) is 59.7 Å². The molecule has 0 unspecified atom stereocenters. The van der Waals surface area contributed by atoms with Crippen molar-refractivity contribution < 1.29 is 26.4 Å². The number of rotatable bonds is 8. The van der Waals surface area contributed by atoms with Gasteiger partial charge in [-0.1, -0.05) is 47.2 Å². The lowest BCUT2D eigenvalue weighted by Gasteiger charge is -2.23. The Labute approximate surface area is 193 Å². The van der Waals surface area contributed by atoms with E-state index in [-0.39, 0.29) is 25.1 Å². The fourth-order valence-corrected chi connectivity index (χ4v) is 4.70. The third-order valence-corrected chi connectivity index (χ3v) is 6.68. The number of sulfonamides is 1. The van der Waals surface area contributed by atoms with E-state index in [0.29, 0.717) is 10.1 Å². The van der Waals surface area contributed by atoms with Gasteiger partial charge in [-0.15, -0.1) is 10.2 Å². The van der Waals surface area contributed by atoms with E-state index < -0.39 is 27.7 Å². The highest BCUT2D eigenvalue weighted by atomic mass is 32.2. The molecule has 0 radical (unpaired) electrons. The number of alkyl halides is 3. The van der Waals surface area contributed by atoms with Crippen LogP contribution in [-0.2, 0) is 21.0 Å². The van der Waals surface area contributed by atoms with Crippen LogP contribution in [0, 0.1) is 6.92 Å². The monoisotopic (exact) mass is 498 g/mol. The molecule has 33 heavy (non-hydrogen) atoms. The molecule has 1 aromatic heterocycles. The van der Waals surface area contributed by atoms with E-state index in [1.165, 1.54) is 17.4 Å². The van der Waals surface area contributed by atoms with Crippen molar-refractivity contribution in [2.24, 2.45) is 0 Å². The molecule has 0 aliphatic rings. The normalized spacial score (nSPS) is 11.9. The molecule has 2 aromatic carbocycles. The summed E-state index contributed by atoms with van der Waals surface area (Å²) in [5.74, 6) is -0.404. The van der Waals surface area contributed by atoms with Gasteiger partial charge in [-0.2, -0.15) is 13.2 Å². The second kappa shape index (κ2) is 9.87. The van der Waals surface area contributed by atoms with Gasteiger partial charge in [-0.3, -0.25) is 9.10 Å². The van der Waals surface area contributed by atoms with Crippen LogP contribution in [0.4, 0.5) is 24.0 Å².